The van der Waals surface area contributed by atoms with Gasteiger partial charge in [-0.2, -0.15) is 0 Å². The fourth-order valence-electron chi connectivity index (χ4n) is 2.62. The first-order chi connectivity index (χ1) is 8.65. The number of nitrogens with zero attached hydrogens (tertiary/aromatic N) is 1. The molecular weight excluding hydrogens is 220 g/mol. The van der Waals surface area contributed by atoms with Crippen LogP contribution in [0.15, 0.2) is 30.3 Å². The molecule has 2 nitrogen and oxygen atoms in total. The maximum atomic E-state index is 6.21. The molecule has 2 heteroatoms. The van der Waals surface area contributed by atoms with E-state index < -0.39 is 0 Å². The van der Waals surface area contributed by atoms with E-state index in [1.807, 2.05) is 0 Å². The highest BCUT2D eigenvalue weighted by atomic mass is 15.1. The summed E-state index contributed by atoms with van der Waals surface area (Å²) >= 11 is 0. The van der Waals surface area contributed by atoms with Gasteiger partial charge in [0.25, 0.3) is 0 Å². The molecule has 0 radical (unpaired) electrons. The van der Waals surface area contributed by atoms with Crippen LogP contribution in [0.3, 0.4) is 0 Å². The number of nitrogens with two attached hydrogens (primary N) is 1. The molecule has 0 aliphatic heterocycles. The van der Waals surface area contributed by atoms with Gasteiger partial charge in [-0.05, 0) is 43.7 Å². The fourth-order valence-corrected chi connectivity index (χ4v) is 2.62. The van der Waals surface area contributed by atoms with Crippen LogP contribution in [0.5, 0.6) is 0 Å². The molecule has 1 aromatic carbocycles. The van der Waals surface area contributed by atoms with Gasteiger partial charge in [-0.15, -0.1) is 0 Å². The zero-order valence-corrected chi connectivity index (χ0v) is 11.7. The van der Waals surface area contributed by atoms with Crippen molar-refractivity contribution in [3.05, 3.63) is 35.9 Å². The molecule has 0 aromatic heterocycles. The second-order valence-electron chi connectivity index (χ2n) is 5.98. The van der Waals surface area contributed by atoms with Crippen LogP contribution in [0.1, 0.15) is 25.3 Å². The lowest BCUT2D eigenvalue weighted by atomic mass is 10.1. The van der Waals surface area contributed by atoms with Gasteiger partial charge >= 0.3 is 0 Å². The maximum Gasteiger partial charge on any atom is 0.0170 e. The van der Waals surface area contributed by atoms with Gasteiger partial charge in [0, 0.05) is 19.1 Å². The fraction of sp³-hybridized carbons (Fsp3) is 0.625. The number of hydrogen-bond donors (Lipinski definition) is 1. The maximum absolute atomic E-state index is 6.21. The number of hydrogen-bond acceptors (Lipinski definition) is 2. The van der Waals surface area contributed by atoms with Crippen LogP contribution in [0.4, 0.5) is 0 Å². The summed E-state index contributed by atoms with van der Waals surface area (Å²) in [7, 11) is 2.20. The van der Waals surface area contributed by atoms with Crippen molar-refractivity contribution in [2.45, 2.75) is 32.2 Å². The average molecular weight is 246 g/mol. The van der Waals surface area contributed by atoms with E-state index in [-0.39, 0.29) is 0 Å². The van der Waals surface area contributed by atoms with Gasteiger partial charge in [0.05, 0.1) is 0 Å². The molecule has 0 spiro atoms. The van der Waals surface area contributed by atoms with E-state index in [1.165, 1.54) is 18.5 Å². The monoisotopic (exact) mass is 246 g/mol. The summed E-state index contributed by atoms with van der Waals surface area (Å²) in [5.41, 5.74) is 7.61. The average Bonchev–Trinajstić information content (AvgIpc) is 3.03. The standard InChI is InChI=1S/C16H26N2/c1-13-10-15(13)11-18(2)12-16(17)9-8-14-6-4-3-5-7-14/h3-7,13,15-16H,8-12,17H2,1-2H3. The Morgan fingerprint density at radius 1 is 1.33 bits per heavy atom. The van der Waals surface area contributed by atoms with Crippen LogP contribution < -0.4 is 5.73 Å². The zero-order valence-electron chi connectivity index (χ0n) is 11.7. The smallest absolute Gasteiger partial charge is 0.0170 e. The third-order valence-electron chi connectivity index (χ3n) is 4.02. The molecule has 0 heterocycles. The van der Waals surface area contributed by atoms with Gasteiger partial charge < -0.3 is 10.6 Å². The summed E-state index contributed by atoms with van der Waals surface area (Å²) in [5.74, 6) is 1.87. The van der Waals surface area contributed by atoms with Crippen LogP contribution >= 0.6 is 0 Å². The largest absolute Gasteiger partial charge is 0.327 e. The lowest BCUT2D eigenvalue weighted by molar-refractivity contribution is 0.289. The number of aryl methyl sites for hydroxylation is 1. The van der Waals surface area contributed by atoms with Crippen molar-refractivity contribution < 1.29 is 0 Å². The summed E-state index contributed by atoms with van der Waals surface area (Å²) in [5, 5.41) is 0. The lowest BCUT2D eigenvalue weighted by Crippen LogP contribution is -2.36. The summed E-state index contributed by atoms with van der Waals surface area (Å²) in [6, 6.07) is 10.9. The first-order valence-electron chi connectivity index (χ1n) is 7.13. The van der Waals surface area contributed by atoms with Crippen LogP contribution in [0.25, 0.3) is 0 Å². The quantitative estimate of drug-likeness (QED) is 0.801. The van der Waals surface area contributed by atoms with Crippen molar-refractivity contribution in [2.75, 3.05) is 20.1 Å². The van der Waals surface area contributed by atoms with Crippen molar-refractivity contribution >= 4 is 0 Å². The molecule has 0 saturated heterocycles. The van der Waals surface area contributed by atoms with E-state index in [4.69, 9.17) is 5.73 Å². The van der Waals surface area contributed by atoms with E-state index >= 15 is 0 Å². The van der Waals surface area contributed by atoms with Crippen LogP contribution in [0.2, 0.25) is 0 Å². The van der Waals surface area contributed by atoms with Gasteiger partial charge in [-0.3, -0.25) is 0 Å². The Balaban J connectivity index is 1.64. The minimum Gasteiger partial charge on any atom is -0.327 e. The van der Waals surface area contributed by atoms with Gasteiger partial charge in [-0.1, -0.05) is 37.3 Å². The molecule has 2 N–H and O–H groups in total. The highest BCUT2D eigenvalue weighted by molar-refractivity contribution is 5.14. The van der Waals surface area contributed by atoms with E-state index in [0.717, 1.165) is 31.2 Å². The Bertz CT molecular complexity index is 349. The predicted molar refractivity (Wildman–Crippen MR) is 77.5 cm³/mol. The van der Waals surface area contributed by atoms with Crippen molar-refractivity contribution in [1.82, 2.24) is 4.90 Å². The Kier molecular flexibility index (Phi) is 4.79. The summed E-state index contributed by atoms with van der Waals surface area (Å²) in [4.78, 5) is 2.41. The topological polar surface area (TPSA) is 29.3 Å². The minimum absolute atomic E-state index is 0.296. The van der Waals surface area contributed by atoms with E-state index in [0.29, 0.717) is 6.04 Å². The number of likely N-dealkylation sites (N-methyl/N-ethyl adjacent to an activating group) is 1. The Morgan fingerprint density at radius 3 is 2.61 bits per heavy atom. The van der Waals surface area contributed by atoms with Crippen LogP contribution in [-0.4, -0.2) is 31.1 Å². The highest BCUT2D eigenvalue weighted by Crippen LogP contribution is 2.37. The second-order valence-corrected chi connectivity index (χ2v) is 5.98. The van der Waals surface area contributed by atoms with Crippen molar-refractivity contribution in [3.8, 4) is 0 Å². The van der Waals surface area contributed by atoms with Crippen molar-refractivity contribution in [2.24, 2.45) is 17.6 Å². The van der Waals surface area contributed by atoms with E-state index in [1.54, 1.807) is 0 Å². The molecule has 1 saturated carbocycles. The molecule has 1 aromatic rings. The van der Waals surface area contributed by atoms with Crippen LogP contribution in [-0.2, 0) is 6.42 Å². The Labute approximate surface area is 111 Å². The Morgan fingerprint density at radius 2 is 2.00 bits per heavy atom. The second kappa shape index (κ2) is 6.35. The molecule has 1 aliphatic rings. The zero-order chi connectivity index (χ0) is 13.0. The van der Waals surface area contributed by atoms with Crippen LogP contribution in [0, 0.1) is 11.8 Å². The van der Waals surface area contributed by atoms with Crippen molar-refractivity contribution in [1.29, 1.82) is 0 Å². The molecule has 1 fully saturated rings. The third kappa shape index (κ3) is 4.43. The summed E-state index contributed by atoms with van der Waals surface area (Å²) in [6.45, 7) is 4.59. The number of benzene rings is 1. The SMILES string of the molecule is CC1CC1CN(C)CC(N)CCc1ccccc1. The molecule has 0 bridgehead atoms. The number of rotatable bonds is 7. The molecule has 2 rings (SSSR count). The first-order valence-corrected chi connectivity index (χ1v) is 7.13. The molecular formula is C16H26N2. The van der Waals surface area contributed by atoms with Gasteiger partial charge in [-0.25, -0.2) is 0 Å². The third-order valence-corrected chi connectivity index (χ3v) is 4.02. The molecule has 3 unspecified atom stereocenters. The summed E-state index contributed by atoms with van der Waals surface area (Å²) < 4.78 is 0. The summed E-state index contributed by atoms with van der Waals surface area (Å²) in [6.07, 6.45) is 3.58. The molecule has 18 heavy (non-hydrogen) atoms. The van der Waals surface area contributed by atoms with Crippen molar-refractivity contribution in [3.63, 3.8) is 0 Å². The minimum atomic E-state index is 0.296. The van der Waals surface area contributed by atoms with E-state index in [9.17, 15) is 0 Å². The molecule has 0 amide bonds. The van der Waals surface area contributed by atoms with Gasteiger partial charge in [0.2, 0.25) is 0 Å². The van der Waals surface area contributed by atoms with Gasteiger partial charge in [0.1, 0.15) is 0 Å². The molecule has 1 aliphatic carbocycles. The van der Waals surface area contributed by atoms with Gasteiger partial charge in [0.15, 0.2) is 0 Å². The lowest BCUT2D eigenvalue weighted by Gasteiger charge is -2.21. The predicted octanol–water partition coefficient (Wildman–Crippen LogP) is 2.53. The normalized spacial score (nSPS) is 24.2. The Hall–Kier alpha value is -0.860. The van der Waals surface area contributed by atoms with E-state index in [2.05, 4.69) is 49.2 Å². The molecule has 100 valence electrons. The molecule has 3 atom stereocenters. The highest BCUT2D eigenvalue weighted by Gasteiger charge is 2.33. The first kappa shape index (κ1) is 13.6.